The summed E-state index contributed by atoms with van der Waals surface area (Å²) in [5.74, 6) is 1.06. The Balaban J connectivity index is 2.00. The zero-order chi connectivity index (χ0) is 15.5. The molecule has 1 aliphatic heterocycles. The van der Waals surface area contributed by atoms with Crippen molar-refractivity contribution in [3.63, 3.8) is 0 Å². The molecule has 22 heavy (non-hydrogen) atoms. The standard InChI is InChI=1S/C16H22N4O2/c1-3-4-13-12-5-7-20(2)16(21)14(12)15(19-18-13)17-9-11-6-8-22-10-11/h5,7,11H,3-4,6,8-10H2,1-2H3,(H,17,19). The summed E-state index contributed by atoms with van der Waals surface area (Å²) < 4.78 is 6.97. The second-order valence-corrected chi connectivity index (χ2v) is 5.88. The third-order valence-electron chi connectivity index (χ3n) is 4.16. The highest BCUT2D eigenvalue weighted by atomic mass is 16.5. The van der Waals surface area contributed by atoms with E-state index >= 15 is 0 Å². The predicted molar refractivity (Wildman–Crippen MR) is 86.2 cm³/mol. The van der Waals surface area contributed by atoms with Gasteiger partial charge in [0.2, 0.25) is 0 Å². The number of fused-ring (bicyclic) bond motifs is 1. The van der Waals surface area contributed by atoms with Crippen LogP contribution in [0.25, 0.3) is 10.8 Å². The van der Waals surface area contributed by atoms with Crippen molar-refractivity contribution in [3.8, 4) is 0 Å². The van der Waals surface area contributed by atoms with Gasteiger partial charge in [0.1, 0.15) is 0 Å². The number of hydrogen-bond acceptors (Lipinski definition) is 5. The molecule has 0 bridgehead atoms. The molecule has 1 atom stereocenters. The van der Waals surface area contributed by atoms with Crippen molar-refractivity contribution >= 4 is 16.6 Å². The van der Waals surface area contributed by atoms with Crippen LogP contribution in [-0.2, 0) is 18.2 Å². The fourth-order valence-corrected chi connectivity index (χ4v) is 2.84. The quantitative estimate of drug-likeness (QED) is 0.911. The van der Waals surface area contributed by atoms with Gasteiger partial charge >= 0.3 is 0 Å². The van der Waals surface area contributed by atoms with Crippen molar-refractivity contribution < 1.29 is 4.74 Å². The van der Waals surface area contributed by atoms with E-state index in [-0.39, 0.29) is 5.56 Å². The molecule has 1 aliphatic rings. The Labute approximate surface area is 129 Å². The van der Waals surface area contributed by atoms with E-state index in [0.717, 1.165) is 50.1 Å². The lowest BCUT2D eigenvalue weighted by Gasteiger charge is -2.13. The molecule has 6 nitrogen and oxygen atoms in total. The van der Waals surface area contributed by atoms with Crippen molar-refractivity contribution in [1.82, 2.24) is 14.8 Å². The van der Waals surface area contributed by atoms with E-state index < -0.39 is 0 Å². The van der Waals surface area contributed by atoms with E-state index in [0.29, 0.717) is 17.1 Å². The second-order valence-electron chi connectivity index (χ2n) is 5.88. The summed E-state index contributed by atoms with van der Waals surface area (Å²) in [6.45, 7) is 4.44. The normalized spacial score (nSPS) is 18.0. The zero-order valence-electron chi connectivity index (χ0n) is 13.1. The zero-order valence-corrected chi connectivity index (χ0v) is 13.1. The van der Waals surface area contributed by atoms with Crippen molar-refractivity contribution in [2.24, 2.45) is 13.0 Å². The van der Waals surface area contributed by atoms with Crippen molar-refractivity contribution in [2.75, 3.05) is 25.1 Å². The van der Waals surface area contributed by atoms with Crippen LogP contribution in [0, 0.1) is 5.92 Å². The molecule has 3 rings (SSSR count). The molecule has 0 radical (unpaired) electrons. The molecule has 1 unspecified atom stereocenters. The molecule has 0 aliphatic carbocycles. The van der Waals surface area contributed by atoms with Gasteiger partial charge in [0.05, 0.1) is 17.7 Å². The SMILES string of the molecule is CCCc1nnc(NCC2CCOC2)c2c(=O)n(C)ccc12. The van der Waals surface area contributed by atoms with Crippen molar-refractivity contribution in [2.45, 2.75) is 26.2 Å². The fraction of sp³-hybridized carbons (Fsp3) is 0.562. The lowest BCUT2D eigenvalue weighted by Crippen LogP contribution is -2.21. The summed E-state index contributed by atoms with van der Waals surface area (Å²) in [5, 5.41) is 13.4. The summed E-state index contributed by atoms with van der Waals surface area (Å²) in [6.07, 6.45) is 4.64. The number of nitrogens with zero attached hydrogens (tertiary/aromatic N) is 3. The number of pyridine rings is 1. The van der Waals surface area contributed by atoms with Crippen LogP contribution >= 0.6 is 0 Å². The minimum absolute atomic E-state index is 0.0325. The van der Waals surface area contributed by atoms with Crippen LogP contribution in [0.3, 0.4) is 0 Å². The first kappa shape index (κ1) is 15.0. The number of anilines is 1. The van der Waals surface area contributed by atoms with Crippen LogP contribution in [0.5, 0.6) is 0 Å². The van der Waals surface area contributed by atoms with Crippen LogP contribution in [0.4, 0.5) is 5.82 Å². The Morgan fingerprint density at radius 2 is 2.32 bits per heavy atom. The molecule has 0 amide bonds. The Hall–Kier alpha value is -1.95. The average Bonchev–Trinajstić information content (AvgIpc) is 3.03. The maximum atomic E-state index is 12.5. The van der Waals surface area contributed by atoms with Gasteiger partial charge in [-0.25, -0.2) is 0 Å². The monoisotopic (exact) mass is 302 g/mol. The van der Waals surface area contributed by atoms with Crippen molar-refractivity contribution in [1.29, 1.82) is 0 Å². The first-order valence-corrected chi connectivity index (χ1v) is 7.87. The average molecular weight is 302 g/mol. The topological polar surface area (TPSA) is 69.0 Å². The third kappa shape index (κ3) is 2.83. The van der Waals surface area contributed by atoms with E-state index in [2.05, 4.69) is 22.4 Å². The predicted octanol–water partition coefficient (Wildman–Crippen LogP) is 1.73. The first-order chi connectivity index (χ1) is 10.7. The van der Waals surface area contributed by atoms with E-state index in [4.69, 9.17) is 4.74 Å². The van der Waals surface area contributed by atoms with Gasteiger partial charge < -0.3 is 14.6 Å². The molecule has 0 aromatic carbocycles. The number of nitrogens with one attached hydrogen (secondary N) is 1. The van der Waals surface area contributed by atoms with Gasteiger partial charge in [-0.15, -0.1) is 5.10 Å². The van der Waals surface area contributed by atoms with Gasteiger partial charge in [-0.3, -0.25) is 4.79 Å². The largest absolute Gasteiger partial charge is 0.381 e. The Kier molecular flexibility index (Phi) is 4.38. The van der Waals surface area contributed by atoms with Crippen LogP contribution in [0.15, 0.2) is 17.1 Å². The molecule has 1 N–H and O–H groups in total. The molecule has 2 aromatic rings. The molecule has 1 saturated heterocycles. The van der Waals surface area contributed by atoms with Gasteiger partial charge in [0.15, 0.2) is 5.82 Å². The molecule has 2 aromatic heterocycles. The number of aromatic nitrogens is 3. The maximum Gasteiger partial charge on any atom is 0.262 e. The molecule has 1 fully saturated rings. The Bertz CT molecular complexity index is 720. The molecular weight excluding hydrogens is 280 g/mol. The summed E-state index contributed by atoms with van der Waals surface area (Å²) in [6, 6.07) is 1.96. The summed E-state index contributed by atoms with van der Waals surface area (Å²) in [5.41, 5.74) is 0.861. The van der Waals surface area contributed by atoms with Crippen LogP contribution in [-0.4, -0.2) is 34.5 Å². The van der Waals surface area contributed by atoms with Gasteiger partial charge in [-0.05, 0) is 18.9 Å². The number of ether oxygens (including phenoxy) is 1. The van der Waals surface area contributed by atoms with Crippen LogP contribution in [0.2, 0.25) is 0 Å². The highest BCUT2D eigenvalue weighted by Crippen LogP contribution is 2.21. The van der Waals surface area contributed by atoms with Gasteiger partial charge in [-0.2, -0.15) is 5.10 Å². The Morgan fingerprint density at radius 3 is 3.05 bits per heavy atom. The van der Waals surface area contributed by atoms with Gasteiger partial charge in [0, 0.05) is 37.7 Å². The summed E-state index contributed by atoms with van der Waals surface area (Å²) in [7, 11) is 1.76. The summed E-state index contributed by atoms with van der Waals surface area (Å²) >= 11 is 0. The second kappa shape index (κ2) is 6.44. The maximum absolute atomic E-state index is 12.5. The Morgan fingerprint density at radius 1 is 1.45 bits per heavy atom. The van der Waals surface area contributed by atoms with Crippen LogP contribution < -0.4 is 10.9 Å². The lowest BCUT2D eigenvalue weighted by molar-refractivity contribution is 0.187. The molecule has 3 heterocycles. The molecule has 6 heteroatoms. The molecule has 118 valence electrons. The lowest BCUT2D eigenvalue weighted by atomic mass is 10.1. The molecule has 0 spiro atoms. The number of hydrogen-bond donors (Lipinski definition) is 1. The van der Waals surface area contributed by atoms with E-state index in [9.17, 15) is 4.79 Å². The minimum atomic E-state index is -0.0325. The molecular formula is C16H22N4O2. The van der Waals surface area contributed by atoms with Gasteiger partial charge in [-0.1, -0.05) is 13.3 Å². The van der Waals surface area contributed by atoms with E-state index in [1.807, 2.05) is 6.07 Å². The minimum Gasteiger partial charge on any atom is -0.381 e. The van der Waals surface area contributed by atoms with E-state index in [1.165, 1.54) is 0 Å². The highest BCUT2D eigenvalue weighted by Gasteiger charge is 2.18. The van der Waals surface area contributed by atoms with E-state index in [1.54, 1.807) is 17.8 Å². The smallest absolute Gasteiger partial charge is 0.262 e. The number of rotatable bonds is 5. The third-order valence-corrected chi connectivity index (χ3v) is 4.16. The number of aryl methyl sites for hydroxylation is 2. The fourth-order valence-electron chi connectivity index (χ4n) is 2.84. The van der Waals surface area contributed by atoms with Crippen LogP contribution in [0.1, 0.15) is 25.5 Å². The van der Waals surface area contributed by atoms with Gasteiger partial charge in [0.25, 0.3) is 5.56 Å². The molecule has 0 saturated carbocycles. The highest BCUT2D eigenvalue weighted by molar-refractivity contribution is 5.92. The summed E-state index contributed by atoms with van der Waals surface area (Å²) in [4.78, 5) is 12.5. The van der Waals surface area contributed by atoms with Crippen molar-refractivity contribution in [3.05, 3.63) is 28.3 Å². The first-order valence-electron chi connectivity index (χ1n) is 7.87.